The fraction of sp³-hybridized carbons (Fsp3) is 0.630. The number of thioether (sulfide) groups is 1. The number of allylic oxidation sites excluding steroid dienone is 1. The van der Waals surface area contributed by atoms with Crippen molar-refractivity contribution in [2.75, 3.05) is 37.8 Å². The van der Waals surface area contributed by atoms with Gasteiger partial charge in [0.1, 0.15) is 36.3 Å². The van der Waals surface area contributed by atoms with Gasteiger partial charge in [-0.05, 0) is 19.4 Å². The Kier molecular flexibility index (Phi) is 16.7. The van der Waals surface area contributed by atoms with E-state index in [0.717, 1.165) is 41.0 Å². The molecule has 0 aliphatic carbocycles. The Bertz CT molecular complexity index is 1860. The second-order valence-electron chi connectivity index (χ2n) is 12.6. The average Bonchev–Trinajstić information content (AvgIpc) is 3.64. The molecule has 0 radical (unpaired) electrons. The minimum absolute atomic E-state index is 0.0303. The third kappa shape index (κ3) is 14.3. The van der Waals surface area contributed by atoms with Crippen LogP contribution < -0.4 is 16.4 Å². The van der Waals surface area contributed by atoms with Crippen molar-refractivity contribution < 1.29 is 80.5 Å². The van der Waals surface area contributed by atoms with E-state index in [2.05, 4.69) is 34.4 Å². The predicted molar refractivity (Wildman–Crippen MR) is 191 cm³/mol. The Morgan fingerprint density at radius 3 is 2.42 bits per heavy atom. The molecule has 0 aromatic carbocycles. The van der Waals surface area contributed by atoms with Crippen LogP contribution in [0.3, 0.4) is 0 Å². The molecular formula is C27H44N7O17P3S. The Balaban J connectivity index is 1.50. The number of nitrogen functional groups attached to an aromatic ring is 1. The molecular weight excluding hydrogens is 819 g/mol. The third-order valence-corrected chi connectivity index (χ3v) is 11.6. The molecule has 1 aliphatic heterocycles. The summed E-state index contributed by atoms with van der Waals surface area (Å²) in [5.41, 5.74) is 5.19. The summed E-state index contributed by atoms with van der Waals surface area (Å²) in [6, 6.07) is 0. The van der Waals surface area contributed by atoms with Crippen molar-refractivity contribution in [1.82, 2.24) is 30.2 Å². The molecule has 3 unspecified atom stereocenters. The fourth-order valence-corrected chi connectivity index (χ4v) is 8.15. The lowest BCUT2D eigenvalue weighted by Gasteiger charge is -2.30. The first-order chi connectivity index (χ1) is 25.4. The Labute approximate surface area is 318 Å². The number of amides is 2. The number of nitrogens with zero attached hydrogens (tertiary/aromatic N) is 4. The van der Waals surface area contributed by atoms with Crippen LogP contribution in [0.2, 0.25) is 0 Å². The first-order valence-corrected chi connectivity index (χ1v) is 21.7. The molecule has 28 heteroatoms. The second-order valence-corrected chi connectivity index (χ2v) is 17.9. The van der Waals surface area contributed by atoms with Crippen molar-refractivity contribution in [3.8, 4) is 0 Å². The topological polar surface area (TPSA) is 364 Å². The van der Waals surface area contributed by atoms with Crippen molar-refractivity contribution >= 4 is 69.1 Å². The molecule has 310 valence electrons. The van der Waals surface area contributed by atoms with Crippen LogP contribution in [0.25, 0.3) is 11.2 Å². The minimum Gasteiger partial charge on any atom is -0.386 e. The van der Waals surface area contributed by atoms with Crippen molar-refractivity contribution in [2.45, 2.75) is 71.2 Å². The highest BCUT2D eigenvalue weighted by atomic mass is 32.2. The molecule has 1 aliphatic rings. The number of anilines is 1. The molecule has 2 aromatic rings. The number of nitrogens with one attached hydrogen (secondary N) is 2. The number of imidazole rings is 1. The Morgan fingerprint density at radius 1 is 1.09 bits per heavy atom. The molecule has 3 heterocycles. The summed E-state index contributed by atoms with van der Waals surface area (Å²) in [7, 11) is -16.4. The zero-order chi connectivity index (χ0) is 41.4. The van der Waals surface area contributed by atoms with E-state index in [1.807, 2.05) is 13.8 Å². The van der Waals surface area contributed by atoms with Gasteiger partial charge >= 0.3 is 23.5 Å². The Hall–Kier alpha value is -2.70. The molecule has 24 nitrogen and oxygen atoms in total. The number of phosphoric acid groups is 3. The first kappa shape index (κ1) is 46.7. The van der Waals surface area contributed by atoms with Gasteiger partial charge in [0.05, 0.1) is 19.5 Å². The molecule has 0 spiro atoms. The SMILES string of the molecule is CCC(C)=CC(=O)SCCNC(=O)CCNC(=O)C(O)C(C)(C)COP(=O)(O)OP(=O)(O)OC[C@H]1O[C@@H](n2cnc3c(N)ncnc32)[C@H](O)[C@@H]1OP(=O)(O)O. The molecule has 3 rings (SSSR count). The van der Waals surface area contributed by atoms with Crippen LogP contribution >= 0.6 is 35.2 Å². The summed E-state index contributed by atoms with van der Waals surface area (Å²) in [5, 5.41) is 26.2. The van der Waals surface area contributed by atoms with Crippen LogP contribution in [0.4, 0.5) is 5.82 Å². The molecule has 2 aromatic heterocycles. The predicted octanol–water partition coefficient (Wildman–Crippen LogP) is 0.0210. The highest BCUT2D eigenvalue weighted by Crippen LogP contribution is 2.61. The van der Waals surface area contributed by atoms with Crippen molar-refractivity contribution in [3.05, 3.63) is 24.3 Å². The summed E-state index contributed by atoms with van der Waals surface area (Å²) in [4.78, 5) is 87.3. The van der Waals surface area contributed by atoms with Crippen molar-refractivity contribution in [1.29, 1.82) is 0 Å². The third-order valence-electron chi connectivity index (χ3n) is 7.67. The number of ether oxygens (including phenoxy) is 1. The van der Waals surface area contributed by atoms with E-state index in [1.165, 1.54) is 19.9 Å². The monoisotopic (exact) mass is 863 g/mol. The standard InChI is InChI=1S/C27H44N7O17P3S/c1-5-15(2)10-18(36)55-9-8-29-17(35)6-7-30-25(39)22(38)27(3,4)12-48-54(45,46)51-53(43,44)47-11-16-21(50-52(40,41)42)20(37)26(49-16)34-14-33-19-23(28)31-13-32-24(19)34/h10,13-14,16,20-22,26,37-38H,5-9,11-12H2,1-4H3,(H,29,35)(H,30,39)(H,43,44)(H,45,46)(H2,28,31,32)(H2,40,41,42)/t16-,20-,21-,22?,26-/m1/s1. The molecule has 10 N–H and O–H groups in total. The maximum atomic E-state index is 12.7. The number of carbonyl (C=O) groups is 3. The summed E-state index contributed by atoms with van der Waals surface area (Å²) in [6.07, 6.45) is -4.65. The molecule has 1 fully saturated rings. The number of aliphatic hydroxyl groups excluding tert-OH is 2. The van der Waals surface area contributed by atoms with Crippen molar-refractivity contribution in [3.63, 3.8) is 0 Å². The minimum atomic E-state index is -5.57. The summed E-state index contributed by atoms with van der Waals surface area (Å²) >= 11 is 1.04. The molecule has 55 heavy (non-hydrogen) atoms. The van der Waals surface area contributed by atoms with Gasteiger partial charge in [-0.25, -0.2) is 28.6 Å². The lowest BCUT2D eigenvalue weighted by atomic mass is 9.87. The first-order valence-electron chi connectivity index (χ1n) is 16.2. The smallest absolute Gasteiger partial charge is 0.386 e. The number of rotatable bonds is 21. The van der Waals surface area contributed by atoms with E-state index in [9.17, 15) is 57.9 Å². The number of nitrogens with two attached hydrogens (primary N) is 1. The van der Waals surface area contributed by atoms with Gasteiger partial charge in [-0.3, -0.25) is 32.5 Å². The maximum Gasteiger partial charge on any atom is 0.481 e. The maximum absolute atomic E-state index is 12.7. The van der Waals surface area contributed by atoms with E-state index in [-0.39, 0.29) is 41.6 Å². The summed E-state index contributed by atoms with van der Waals surface area (Å²) in [5.74, 6) is -1.12. The zero-order valence-electron chi connectivity index (χ0n) is 29.9. The molecule has 0 bridgehead atoms. The lowest BCUT2D eigenvalue weighted by molar-refractivity contribution is -0.137. The van der Waals surface area contributed by atoms with E-state index >= 15 is 0 Å². The number of aliphatic hydroxyl groups is 2. The summed E-state index contributed by atoms with van der Waals surface area (Å²) in [6.45, 7) is 4.24. The molecule has 0 saturated carbocycles. The van der Waals surface area contributed by atoms with Crippen molar-refractivity contribution in [2.24, 2.45) is 5.41 Å². The van der Waals surface area contributed by atoms with Gasteiger partial charge in [-0.2, -0.15) is 4.31 Å². The number of carbonyl (C=O) groups excluding carboxylic acids is 3. The van der Waals surface area contributed by atoms with Crippen LogP contribution in [-0.2, 0) is 50.7 Å². The fourth-order valence-electron chi connectivity index (χ4n) is 4.63. The molecule has 7 atom stereocenters. The second kappa shape index (κ2) is 19.6. The number of phosphoric ester groups is 3. The number of hydrogen-bond donors (Lipinski definition) is 9. The zero-order valence-corrected chi connectivity index (χ0v) is 33.4. The van der Waals surface area contributed by atoms with Gasteiger partial charge in [-0.1, -0.05) is 38.1 Å². The van der Waals surface area contributed by atoms with Gasteiger partial charge in [0.15, 0.2) is 17.7 Å². The lowest BCUT2D eigenvalue weighted by Crippen LogP contribution is -2.46. The molecule has 1 saturated heterocycles. The number of fused-ring (bicyclic) bond motifs is 1. The van der Waals surface area contributed by atoms with Crippen LogP contribution in [-0.4, -0.2) is 123 Å². The highest BCUT2D eigenvalue weighted by molar-refractivity contribution is 8.14. The van der Waals surface area contributed by atoms with Gasteiger partial charge in [-0.15, -0.1) is 0 Å². The molecule has 2 amide bonds. The number of hydrogen-bond acceptors (Lipinski definition) is 18. The van der Waals surface area contributed by atoms with Crippen LogP contribution in [0.5, 0.6) is 0 Å². The van der Waals surface area contributed by atoms with E-state index in [1.54, 1.807) is 0 Å². The Morgan fingerprint density at radius 2 is 1.76 bits per heavy atom. The summed E-state index contributed by atoms with van der Waals surface area (Å²) < 4.78 is 62.0. The quantitative estimate of drug-likeness (QED) is 0.0454. The van der Waals surface area contributed by atoms with Gasteiger partial charge in [0.25, 0.3) is 0 Å². The van der Waals surface area contributed by atoms with Gasteiger partial charge in [0, 0.05) is 30.7 Å². The number of aromatic nitrogens is 4. The van der Waals surface area contributed by atoms with E-state index in [0.29, 0.717) is 5.75 Å². The highest BCUT2D eigenvalue weighted by Gasteiger charge is 2.50. The van der Waals surface area contributed by atoms with Gasteiger partial charge < -0.3 is 50.9 Å². The largest absolute Gasteiger partial charge is 0.481 e. The van der Waals surface area contributed by atoms with Gasteiger partial charge in [0.2, 0.25) is 16.9 Å². The van der Waals surface area contributed by atoms with Crippen LogP contribution in [0.15, 0.2) is 24.3 Å². The van der Waals surface area contributed by atoms with Crippen LogP contribution in [0, 0.1) is 5.41 Å². The van der Waals surface area contributed by atoms with E-state index in [4.69, 9.17) is 19.5 Å². The van der Waals surface area contributed by atoms with E-state index < -0.39 is 84.6 Å². The average molecular weight is 864 g/mol. The normalized spacial score (nSPS) is 22.2. The van der Waals surface area contributed by atoms with Crippen LogP contribution in [0.1, 0.15) is 46.8 Å².